The predicted octanol–water partition coefficient (Wildman–Crippen LogP) is 1.17. The predicted molar refractivity (Wildman–Crippen MR) is 71.5 cm³/mol. The maximum Gasteiger partial charge on any atom is 0.292 e. The minimum atomic E-state index is -3.19. The molecule has 1 heterocycles. The monoisotopic (exact) mass is 285 g/mol. The van der Waals surface area contributed by atoms with Gasteiger partial charge in [0.15, 0.2) is 0 Å². The number of anilines is 1. The number of sulfonamides is 1. The number of nitrogens with zero attached hydrogens (tertiary/aromatic N) is 2. The van der Waals surface area contributed by atoms with E-state index in [1.54, 1.807) is 19.2 Å². The van der Waals surface area contributed by atoms with E-state index in [0.717, 1.165) is 0 Å². The molecule has 1 saturated heterocycles. The van der Waals surface area contributed by atoms with Crippen LogP contribution in [0.15, 0.2) is 18.2 Å². The number of benzene rings is 1. The smallest absolute Gasteiger partial charge is 0.292 e. The second kappa shape index (κ2) is 5.14. The molecule has 0 atom stereocenters. The Morgan fingerprint density at radius 3 is 2.74 bits per heavy atom. The summed E-state index contributed by atoms with van der Waals surface area (Å²) in [5.74, 6) is 0.156. The van der Waals surface area contributed by atoms with Crippen molar-refractivity contribution < 1.29 is 13.3 Å². The SMILES string of the molecule is CNc1ccc(CN2CCCS2(=O)=O)cc1[N+](=O)[O-]. The van der Waals surface area contributed by atoms with Gasteiger partial charge in [0.2, 0.25) is 10.0 Å². The van der Waals surface area contributed by atoms with Crippen LogP contribution in [0.5, 0.6) is 0 Å². The highest BCUT2D eigenvalue weighted by atomic mass is 32.2. The molecule has 7 nitrogen and oxygen atoms in total. The summed E-state index contributed by atoms with van der Waals surface area (Å²) in [4.78, 5) is 10.5. The largest absolute Gasteiger partial charge is 0.383 e. The summed E-state index contributed by atoms with van der Waals surface area (Å²) in [7, 11) is -1.58. The number of nitrogens with one attached hydrogen (secondary N) is 1. The van der Waals surface area contributed by atoms with Gasteiger partial charge in [-0.05, 0) is 18.1 Å². The Kier molecular flexibility index (Phi) is 3.72. The van der Waals surface area contributed by atoms with Crippen molar-refractivity contribution in [1.29, 1.82) is 0 Å². The van der Waals surface area contributed by atoms with Crippen molar-refractivity contribution in [3.8, 4) is 0 Å². The van der Waals surface area contributed by atoms with Crippen molar-refractivity contribution in [2.75, 3.05) is 24.7 Å². The van der Waals surface area contributed by atoms with Gasteiger partial charge in [0, 0.05) is 26.2 Å². The van der Waals surface area contributed by atoms with Gasteiger partial charge in [-0.25, -0.2) is 8.42 Å². The number of rotatable bonds is 4. The molecule has 1 N–H and O–H groups in total. The third kappa shape index (κ3) is 2.85. The summed E-state index contributed by atoms with van der Waals surface area (Å²) in [6, 6.07) is 4.71. The fraction of sp³-hybridized carbons (Fsp3) is 0.455. The lowest BCUT2D eigenvalue weighted by molar-refractivity contribution is -0.384. The first-order valence-corrected chi connectivity index (χ1v) is 7.48. The van der Waals surface area contributed by atoms with Crippen LogP contribution in [0, 0.1) is 10.1 Å². The Bertz CT molecular complexity index is 600. The van der Waals surface area contributed by atoms with Crippen LogP contribution in [-0.4, -0.2) is 37.0 Å². The molecule has 2 rings (SSSR count). The molecule has 19 heavy (non-hydrogen) atoms. The van der Waals surface area contributed by atoms with Crippen LogP contribution >= 0.6 is 0 Å². The van der Waals surface area contributed by atoms with E-state index in [0.29, 0.717) is 24.2 Å². The minimum Gasteiger partial charge on any atom is -0.383 e. The van der Waals surface area contributed by atoms with Crippen molar-refractivity contribution >= 4 is 21.4 Å². The number of hydrogen-bond donors (Lipinski definition) is 1. The quantitative estimate of drug-likeness (QED) is 0.662. The molecule has 8 heteroatoms. The lowest BCUT2D eigenvalue weighted by Gasteiger charge is -2.14. The van der Waals surface area contributed by atoms with Gasteiger partial charge in [-0.2, -0.15) is 4.31 Å². The molecule has 104 valence electrons. The molecule has 0 spiro atoms. The molecular weight excluding hydrogens is 270 g/mol. The summed E-state index contributed by atoms with van der Waals surface area (Å²) in [6.07, 6.45) is 0.610. The summed E-state index contributed by atoms with van der Waals surface area (Å²) in [6.45, 7) is 0.664. The Morgan fingerprint density at radius 2 is 2.21 bits per heavy atom. The molecule has 0 unspecified atom stereocenters. The van der Waals surface area contributed by atoms with Gasteiger partial charge >= 0.3 is 0 Å². The van der Waals surface area contributed by atoms with Gasteiger partial charge in [0.25, 0.3) is 5.69 Å². The van der Waals surface area contributed by atoms with Crippen LogP contribution in [0.2, 0.25) is 0 Å². The van der Waals surface area contributed by atoms with E-state index in [4.69, 9.17) is 0 Å². The van der Waals surface area contributed by atoms with Crippen molar-refractivity contribution in [3.63, 3.8) is 0 Å². The van der Waals surface area contributed by atoms with Crippen molar-refractivity contribution in [3.05, 3.63) is 33.9 Å². The molecule has 0 aromatic heterocycles. The zero-order valence-corrected chi connectivity index (χ0v) is 11.3. The maximum atomic E-state index is 11.7. The van der Waals surface area contributed by atoms with E-state index in [2.05, 4.69) is 5.32 Å². The highest BCUT2D eigenvalue weighted by molar-refractivity contribution is 7.89. The first-order valence-electron chi connectivity index (χ1n) is 5.87. The lowest BCUT2D eigenvalue weighted by Crippen LogP contribution is -2.25. The fourth-order valence-corrected chi connectivity index (χ4v) is 3.62. The van der Waals surface area contributed by atoms with Gasteiger partial charge in [0.05, 0.1) is 10.7 Å². The molecule has 1 aromatic rings. The summed E-state index contributed by atoms with van der Waals surface area (Å²) < 4.78 is 24.7. The topological polar surface area (TPSA) is 92.6 Å². The highest BCUT2D eigenvalue weighted by Gasteiger charge is 2.28. The third-order valence-corrected chi connectivity index (χ3v) is 4.99. The summed E-state index contributed by atoms with van der Waals surface area (Å²) >= 11 is 0. The van der Waals surface area contributed by atoms with E-state index in [-0.39, 0.29) is 18.0 Å². The van der Waals surface area contributed by atoms with Gasteiger partial charge < -0.3 is 5.32 Å². The molecule has 0 amide bonds. The molecule has 0 bridgehead atoms. The van der Waals surface area contributed by atoms with Crippen molar-refractivity contribution in [2.24, 2.45) is 0 Å². The van der Waals surface area contributed by atoms with Crippen molar-refractivity contribution in [1.82, 2.24) is 4.31 Å². The average Bonchev–Trinajstić information content (AvgIpc) is 2.68. The highest BCUT2D eigenvalue weighted by Crippen LogP contribution is 2.26. The second-order valence-corrected chi connectivity index (χ2v) is 6.45. The minimum absolute atomic E-state index is 0.0448. The fourth-order valence-electron chi connectivity index (χ4n) is 2.11. The zero-order valence-electron chi connectivity index (χ0n) is 10.5. The molecular formula is C11H15N3O4S. The molecule has 1 fully saturated rings. The van der Waals surface area contributed by atoms with Crippen LogP contribution in [0.1, 0.15) is 12.0 Å². The average molecular weight is 285 g/mol. The van der Waals surface area contributed by atoms with Crippen LogP contribution in [0.25, 0.3) is 0 Å². The molecule has 1 aromatic carbocycles. The number of nitro groups is 1. The molecule has 0 saturated carbocycles. The molecule has 0 aliphatic carbocycles. The van der Waals surface area contributed by atoms with Crippen LogP contribution < -0.4 is 5.32 Å². The second-order valence-electron chi connectivity index (χ2n) is 4.36. The van der Waals surface area contributed by atoms with Gasteiger partial charge in [0.1, 0.15) is 5.69 Å². The Balaban J connectivity index is 2.27. The van der Waals surface area contributed by atoms with Gasteiger partial charge in [-0.3, -0.25) is 10.1 Å². The van der Waals surface area contributed by atoms with Crippen LogP contribution in [0.4, 0.5) is 11.4 Å². The van der Waals surface area contributed by atoms with E-state index >= 15 is 0 Å². The molecule has 1 aliphatic rings. The van der Waals surface area contributed by atoms with Crippen LogP contribution in [-0.2, 0) is 16.6 Å². The summed E-state index contributed by atoms with van der Waals surface area (Å²) in [5.41, 5.74) is 0.991. The summed E-state index contributed by atoms with van der Waals surface area (Å²) in [5, 5.41) is 13.7. The zero-order chi connectivity index (χ0) is 14.0. The first-order chi connectivity index (χ1) is 8.94. The standard InChI is InChI=1S/C11H15N3O4S/c1-12-10-4-3-9(7-11(10)14(15)16)8-13-5-2-6-19(13,17)18/h3-4,7,12H,2,5-6,8H2,1H3. The Labute approximate surface area is 111 Å². The van der Waals surface area contributed by atoms with E-state index in [9.17, 15) is 18.5 Å². The van der Waals surface area contributed by atoms with Crippen molar-refractivity contribution in [2.45, 2.75) is 13.0 Å². The van der Waals surface area contributed by atoms with Gasteiger partial charge in [-0.1, -0.05) is 6.07 Å². The van der Waals surface area contributed by atoms with E-state index in [1.807, 2.05) is 0 Å². The molecule has 1 aliphatic heterocycles. The first kappa shape index (κ1) is 13.8. The maximum absolute atomic E-state index is 11.7. The Morgan fingerprint density at radius 1 is 1.47 bits per heavy atom. The normalized spacial score (nSPS) is 18.4. The Hall–Kier alpha value is -1.67. The van der Waals surface area contributed by atoms with E-state index < -0.39 is 14.9 Å². The van der Waals surface area contributed by atoms with E-state index in [1.165, 1.54) is 10.4 Å². The lowest BCUT2D eigenvalue weighted by atomic mass is 10.1. The molecule has 0 radical (unpaired) electrons. The third-order valence-electron chi connectivity index (χ3n) is 3.09. The van der Waals surface area contributed by atoms with Crippen LogP contribution in [0.3, 0.4) is 0 Å². The number of hydrogen-bond acceptors (Lipinski definition) is 5. The number of nitro benzene ring substituents is 1. The van der Waals surface area contributed by atoms with Gasteiger partial charge in [-0.15, -0.1) is 0 Å².